The van der Waals surface area contributed by atoms with Gasteiger partial charge in [-0.3, -0.25) is 4.79 Å². The van der Waals surface area contributed by atoms with Gasteiger partial charge in [0.05, 0.1) is 13.7 Å². The fourth-order valence-electron chi connectivity index (χ4n) is 2.13. The zero-order valence-corrected chi connectivity index (χ0v) is 14.8. The molecule has 0 unspecified atom stereocenters. The molecule has 2 aromatic rings. The predicted molar refractivity (Wildman–Crippen MR) is 91.1 cm³/mol. The highest BCUT2D eigenvalue weighted by Crippen LogP contribution is 2.28. The van der Waals surface area contributed by atoms with Gasteiger partial charge < -0.3 is 19.5 Å². The summed E-state index contributed by atoms with van der Waals surface area (Å²) in [7, 11) is 1.51. The lowest BCUT2D eigenvalue weighted by Crippen LogP contribution is -2.23. The average Bonchev–Trinajstić information content (AvgIpc) is 2.65. The van der Waals surface area contributed by atoms with E-state index in [4.69, 9.17) is 9.47 Å². The Labute approximate surface area is 154 Å². The van der Waals surface area contributed by atoms with Crippen LogP contribution in [0.4, 0.5) is 13.2 Å². The van der Waals surface area contributed by atoms with Crippen molar-refractivity contribution in [3.63, 3.8) is 0 Å². The van der Waals surface area contributed by atoms with Crippen molar-refractivity contribution in [2.45, 2.75) is 19.6 Å². The summed E-state index contributed by atoms with van der Waals surface area (Å²) in [6, 6.07) is 7.65. The van der Waals surface area contributed by atoms with Gasteiger partial charge in [-0.15, -0.1) is 0 Å². The van der Waals surface area contributed by atoms with Crippen LogP contribution in [-0.4, -0.2) is 37.4 Å². The van der Waals surface area contributed by atoms with Crippen molar-refractivity contribution in [2.24, 2.45) is 0 Å². The van der Waals surface area contributed by atoms with Gasteiger partial charge in [-0.25, -0.2) is 4.98 Å². The zero-order chi connectivity index (χ0) is 19.9. The quantitative estimate of drug-likeness (QED) is 0.756. The molecule has 0 aliphatic heterocycles. The van der Waals surface area contributed by atoms with Gasteiger partial charge in [0, 0.05) is 24.4 Å². The van der Waals surface area contributed by atoms with E-state index in [0.29, 0.717) is 29.2 Å². The molecule has 1 aromatic heterocycles. The Bertz CT molecular complexity index is 764. The highest BCUT2D eigenvalue weighted by atomic mass is 19.4. The average molecular weight is 384 g/mol. The molecule has 0 radical (unpaired) electrons. The maximum Gasteiger partial charge on any atom is 0.422 e. The molecule has 1 amide bonds. The number of rotatable bonds is 8. The van der Waals surface area contributed by atoms with E-state index in [0.717, 1.165) is 0 Å². The molecular weight excluding hydrogens is 365 g/mol. The van der Waals surface area contributed by atoms with Crippen molar-refractivity contribution in [1.29, 1.82) is 0 Å². The van der Waals surface area contributed by atoms with Crippen molar-refractivity contribution in [3.05, 3.63) is 47.7 Å². The van der Waals surface area contributed by atoms with Gasteiger partial charge in [0.2, 0.25) is 5.88 Å². The predicted octanol–water partition coefficient (Wildman–Crippen LogP) is 3.36. The van der Waals surface area contributed by atoms with E-state index in [-0.39, 0.29) is 18.3 Å². The molecular formula is C18H19F3N2O4. The topological polar surface area (TPSA) is 69.7 Å². The van der Waals surface area contributed by atoms with Crippen LogP contribution < -0.4 is 19.5 Å². The minimum absolute atomic E-state index is 0.140. The van der Waals surface area contributed by atoms with Crippen LogP contribution in [0.3, 0.4) is 0 Å². The van der Waals surface area contributed by atoms with Crippen molar-refractivity contribution < 1.29 is 32.2 Å². The van der Waals surface area contributed by atoms with Gasteiger partial charge in [-0.2, -0.15) is 13.2 Å². The number of carbonyl (C=O) groups excluding carboxylic acids is 1. The number of aromatic nitrogens is 1. The van der Waals surface area contributed by atoms with E-state index >= 15 is 0 Å². The number of nitrogens with one attached hydrogen (secondary N) is 1. The summed E-state index contributed by atoms with van der Waals surface area (Å²) in [4.78, 5) is 16.1. The molecule has 0 saturated heterocycles. The number of hydrogen-bond acceptors (Lipinski definition) is 5. The molecule has 6 nitrogen and oxygen atoms in total. The zero-order valence-electron chi connectivity index (χ0n) is 14.8. The lowest BCUT2D eigenvalue weighted by atomic mass is 10.2. The standard InChI is InChI=1S/C18H19F3N2O4/c1-3-26-15-8-13(5-6-14(15)25-2)17(24)23-10-12-4-7-16(22-9-12)27-11-18(19,20)21/h4-9H,3,10-11H2,1-2H3,(H,23,24). The Hall–Kier alpha value is -2.97. The van der Waals surface area contributed by atoms with Crippen molar-refractivity contribution in [3.8, 4) is 17.4 Å². The summed E-state index contributed by atoms with van der Waals surface area (Å²) in [5, 5.41) is 2.70. The molecule has 0 aliphatic carbocycles. The van der Waals surface area contributed by atoms with Crippen LogP contribution in [0.1, 0.15) is 22.8 Å². The molecule has 0 atom stereocenters. The highest BCUT2D eigenvalue weighted by Gasteiger charge is 2.28. The second kappa shape index (κ2) is 9.11. The molecule has 2 rings (SSSR count). The largest absolute Gasteiger partial charge is 0.493 e. The molecule has 0 fully saturated rings. The summed E-state index contributed by atoms with van der Waals surface area (Å²) in [5.41, 5.74) is 0.999. The van der Waals surface area contributed by atoms with Crippen LogP contribution >= 0.6 is 0 Å². The number of carbonyl (C=O) groups is 1. The number of methoxy groups -OCH3 is 1. The maximum absolute atomic E-state index is 12.3. The molecule has 1 N–H and O–H groups in total. The molecule has 9 heteroatoms. The van der Waals surface area contributed by atoms with E-state index in [1.165, 1.54) is 25.4 Å². The number of hydrogen-bond donors (Lipinski definition) is 1. The van der Waals surface area contributed by atoms with Gasteiger partial charge in [-0.05, 0) is 30.7 Å². The van der Waals surface area contributed by atoms with Gasteiger partial charge in [0.1, 0.15) is 0 Å². The van der Waals surface area contributed by atoms with Gasteiger partial charge in [0.15, 0.2) is 18.1 Å². The van der Waals surface area contributed by atoms with Crippen molar-refractivity contribution >= 4 is 5.91 Å². The van der Waals surface area contributed by atoms with E-state index < -0.39 is 12.8 Å². The number of pyridine rings is 1. The number of amides is 1. The Kier molecular flexibility index (Phi) is 6.86. The third kappa shape index (κ3) is 6.36. The molecule has 0 saturated carbocycles. The van der Waals surface area contributed by atoms with E-state index in [2.05, 4.69) is 15.0 Å². The Morgan fingerprint density at radius 2 is 1.93 bits per heavy atom. The monoisotopic (exact) mass is 384 g/mol. The third-order valence-electron chi connectivity index (χ3n) is 3.36. The second-order valence-corrected chi connectivity index (χ2v) is 5.39. The highest BCUT2D eigenvalue weighted by molar-refractivity contribution is 5.94. The maximum atomic E-state index is 12.3. The summed E-state index contributed by atoms with van der Waals surface area (Å²) in [5.74, 6) is 0.502. The summed E-state index contributed by atoms with van der Waals surface area (Å²) >= 11 is 0. The van der Waals surface area contributed by atoms with Crippen LogP contribution in [0.5, 0.6) is 17.4 Å². The molecule has 0 aliphatic rings. The smallest absolute Gasteiger partial charge is 0.422 e. The van der Waals surface area contributed by atoms with E-state index in [1.807, 2.05) is 6.92 Å². The Morgan fingerprint density at radius 1 is 1.15 bits per heavy atom. The lowest BCUT2D eigenvalue weighted by Gasteiger charge is -2.11. The second-order valence-electron chi connectivity index (χ2n) is 5.39. The SMILES string of the molecule is CCOc1cc(C(=O)NCc2ccc(OCC(F)(F)F)nc2)ccc1OC. The fourth-order valence-corrected chi connectivity index (χ4v) is 2.13. The van der Waals surface area contributed by atoms with Crippen molar-refractivity contribution in [1.82, 2.24) is 10.3 Å². The van der Waals surface area contributed by atoms with Crippen LogP contribution in [0.25, 0.3) is 0 Å². The van der Waals surface area contributed by atoms with Crippen molar-refractivity contribution in [2.75, 3.05) is 20.3 Å². The van der Waals surface area contributed by atoms with E-state index in [1.54, 1.807) is 18.2 Å². The first-order valence-electron chi connectivity index (χ1n) is 8.06. The molecule has 146 valence electrons. The Balaban J connectivity index is 1.94. The minimum Gasteiger partial charge on any atom is -0.493 e. The van der Waals surface area contributed by atoms with Crippen LogP contribution in [0.15, 0.2) is 36.5 Å². The molecule has 27 heavy (non-hydrogen) atoms. The van der Waals surface area contributed by atoms with Crippen LogP contribution in [0, 0.1) is 0 Å². The molecule has 1 aromatic carbocycles. The Morgan fingerprint density at radius 3 is 2.52 bits per heavy atom. The molecule has 0 spiro atoms. The third-order valence-corrected chi connectivity index (χ3v) is 3.36. The molecule has 1 heterocycles. The molecule has 0 bridgehead atoms. The summed E-state index contributed by atoms with van der Waals surface area (Å²) in [6.45, 7) is 0.994. The number of halogens is 3. The van der Waals surface area contributed by atoms with Gasteiger partial charge >= 0.3 is 6.18 Å². The number of nitrogens with zero attached hydrogens (tertiary/aromatic N) is 1. The first kappa shape index (κ1) is 20.3. The minimum atomic E-state index is -4.42. The normalized spacial score (nSPS) is 11.0. The lowest BCUT2D eigenvalue weighted by molar-refractivity contribution is -0.154. The van der Waals surface area contributed by atoms with Gasteiger partial charge in [-0.1, -0.05) is 6.07 Å². The number of benzene rings is 1. The summed E-state index contributed by atoms with van der Waals surface area (Å²) in [6.07, 6.45) is -3.08. The van der Waals surface area contributed by atoms with Crippen LogP contribution in [-0.2, 0) is 6.54 Å². The van der Waals surface area contributed by atoms with Crippen LogP contribution in [0.2, 0.25) is 0 Å². The first-order chi connectivity index (χ1) is 12.8. The fraction of sp³-hybridized carbons (Fsp3) is 0.333. The first-order valence-corrected chi connectivity index (χ1v) is 8.06. The van der Waals surface area contributed by atoms with E-state index in [9.17, 15) is 18.0 Å². The number of ether oxygens (including phenoxy) is 3. The summed E-state index contributed by atoms with van der Waals surface area (Å²) < 4.78 is 51.4. The van der Waals surface area contributed by atoms with Gasteiger partial charge in [0.25, 0.3) is 5.91 Å². The number of alkyl halides is 3.